The topological polar surface area (TPSA) is 49.2 Å². The Morgan fingerprint density at radius 1 is 1.42 bits per heavy atom. The summed E-state index contributed by atoms with van der Waals surface area (Å²) in [5, 5.41) is 6.99. The average Bonchev–Trinajstić information content (AvgIpc) is 2.40. The van der Waals surface area contributed by atoms with Crippen molar-refractivity contribution in [2.45, 2.75) is 46.6 Å². The van der Waals surface area contributed by atoms with Crippen LogP contribution in [0.2, 0.25) is 0 Å². The molecule has 0 saturated carbocycles. The van der Waals surface area contributed by atoms with Crippen molar-refractivity contribution >= 4 is 12.6 Å². The normalized spacial score (nSPS) is 14.5. The molecule has 0 aliphatic heterocycles. The van der Waals surface area contributed by atoms with Gasteiger partial charge in [-0.1, -0.05) is 19.0 Å². The van der Waals surface area contributed by atoms with E-state index in [-0.39, 0.29) is 6.04 Å². The molecule has 0 rings (SSSR count). The Labute approximate surface area is 117 Å². The fourth-order valence-corrected chi connectivity index (χ4v) is 1.51. The molecule has 0 spiro atoms. The first kappa shape index (κ1) is 17.6. The van der Waals surface area contributed by atoms with Gasteiger partial charge < -0.3 is 10.2 Å². The highest BCUT2D eigenvalue weighted by Crippen LogP contribution is 2.01. The minimum absolute atomic E-state index is 0.215. The molecule has 0 bridgehead atoms. The van der Waals surface area contributed by atoms with Gasteiger partial charge in [0, 0.05) is 12.3 Å². The molecule has 5 nitrogen and oxygen atoms in total. The number of hydrogen-bond donors (Lipinski definition) is 1. The van der Waals surface area contributed by atoms with Crippen LogP contribution in [0.15, 0.2) is 22.0 Å². The summed E-state index contributed by atoms with van der Waals surface area (Å²) < 4.78 is 0. The second-order valence-electron chi connectivity index (χ2n) is 4.45. The number of aliphatic imine (C=N–C) groups is 1. The minimum atomic E-state index is 0.215. The maximum Gasteiger partial charge on any atom is 0.130 e. The van der Waals surface area contributed by atoms with Gasteiger partial charge in [0.15, 0.2) is 0 Å². The molecular formula is C14H28N4O. The third kappa shape index (κ3) is 10.3. The maximum absolute atomic E-state index is 5.14. The Balaban J connectivity index is 4.08. The molecule has 0 heterocycles. The van der Waals surface area contributed by atoms with Crippen molar-refractivity contribution in [3.63, 3.8) is 0 Å². The zero-order chi connectivity index (χ0) is 14.5. The van der Waals surface area contributed by atoms with Crippen LogP contribution in [0.5, 0.6) is 0 Å². The van der Waals surface area contributed by atoms with Gasteiger partial charge in [-0.05, 0) is 46.4 Å². The highest BCUT2D eigenvalue weighted by atomic mass is 16.6. The average molecular weight is 268 g/mol. The van der Waals surface area contributed by atoms with E-state index in [1.807, 2.05) is 19.9 Å². The van der Waals surface area contributed by atoms with Crippen molar-refractivity contribution < 1.29 is 4.84 Å². The predicted octanol–water partition coefficient (Wildman–Crippen LogP) is 2.61. The van der Waals surface area contributed by atoms with Crippen LogP contribution in [-0.2, 0) is 4.84 Å². The first-order valence-corrected chi connectivity index (χ1v) is 6.90. The molecule has 0 radical (unpaired) electrons. The molecule has 1 N–H and O–H groups in total. The minimum Gasteiger partial charge on any atom is -0.370 e. The zero-order valence-corrected chi connectivity index (χ0v) is 12.9. The molecule has 0 amide bonds. The molecule has 1 atom stereocenters. The van der Waals surface area contributed by atoms with E-state index in [0.717, 1.165) is 31.8 Å². The maximum atomic E-state index is 5.14. The molecule has 5 heteroatoms. The third-order valence-corrected chi connectivity index (χ3v) is 2.49. The highest BCUT2D eigenvalue weighted by molar-refractivity contribution is 5.55. The molecule has 0 aliphatic rings. The van der Waals surface area contributed by atoms with E-state index < -0.39 is 0 Å². The molecular weight excluding hydrogens is 240 g/mol. The van der Waals surface area contributed by atoms with Gasteiger partial charge in [-0.2, -0.15) is 0 Å². The van der Waals surface area contributed by atoms with Crippen LogP contribution >= 0.6 is 0 Å². The van der Waals surface area contributed by atoms with E-state index in [4.69, 9.17) is 4.84 Å². The molecule has 110 valence electrons. The Morgan fingerprint density at radius 2 is 2.16 bits per heavy atom. The number of nitrogens with zero attached hydrogens (tertiary/aromatic N) is 3. The lowest BCUT2D eigenvalue weighted by molar-refractivity contribution is 0.229. The first-order valence-electron chi connectivity index (χ1n) is 6.90. The Kier molecular flexibility index (Phi) is 10.9. The number of hydrogen-bond acceptors (Lipinski definition) is 4. The summed E-state index contributed by atoms with van der Waals surface area (Å²) in [6.07, 6.45) is 7.51. The van der Waals surface area contributed by atoms with Gasteiger partial charge in [0.25, 0.3) is 0 Å². The molecule has 0 aromatic heterocycles. The van der Waals surface area contributed by atoms with E-state index in [2.05, 4.69) is 41.3 Å². The van der Waals surface area contributed by atoms with E-state index in [0.29, 0.717) is 0 Å². The summed E-state index contributed by atoms with van der Waals surface area (Å²) in [6.45, 7) is 9.78. The predicted molar refractivity (Wildman–Crippen MR) is 82.5 cm³/mol. The second-order valence-corrected chi connectivity index (χ2v) is 4.45. The molecule has 0 aliphatic carbocycles. The summed E-state index contributed by atoms with van der Waals surface area (Å²) >= 11 is 0. The lowest BCUT2D eigenvalue weighted by Gasteiger charge is -2.13. The molecule has 0 saturated heterocycles. The van der Waals surface area contributed by atoms with Crippen molar-refractivity contribution in [3.05, 3.63) is 11.8 Å². The number of allylic oxidation sites excluding steroid dienone is 1. The molecule has 0 fully saturated rings. The fourth-order valence-electron chi connectivity index (χ4n) is 1.51. The van der Waals surface area contributed by atoms with Gasteiger partial charge in [0.05, 0.1) is 13.0 Å². The lowest BCUT2D eigenvalue weighted by atomic mass is 10.2. The second kappa shape index (κ2) is 11.7. The molecule has 0 aromatic rings. The third-order valence-electron chi connectivity index (χ3n) is 2.49. The van der Waals surface area contributed by atoms with Crippen molar-refractivity contribution in [1.29, 1.82) is 0 Å². The van der Waals surface area contributed by atoms with E-state index in [1.165, 1.54) is 0 Å². The Bertz CT molecular complexity index is 300. The summed E-state index contributed by atoms with van der Waals surface area (Å²) in [5.41, 5.74) is 0. The number of oxime groups is 1. The quantitative estimate of drug-likeness (QED) is 0.287. The lowest BCUT2D eigenvalue weighted by Crippen LogP contribution is -2.26. The van der Waals surface area contributed by atoms with Crippen LogP contribution in [0.4, 0.5) is 0 Å². The summed E-state index contributed by atoms with van der Waals surface area (Å²) in [4.78, 5) is 11.7. The fraction of sp³-hybridized carbons (Fsp3) is 0.714. The number of rotatable bonds is 10. The van der Waals surface area contributed by atoms with Gasteiger partial charge in [-0.3, -0.25) is 9.89 Å². The van der Waals surface area contributed by atoms with E-state index in [9.17, 15) is 0 Å². The van der Waals surface area contributed by atoms with Gasteiger partial charge >= 0.3 is 0 Å². The van der Waals surface area contributed by atoms with Gasteiger partial charge in [-0.15, -0.1) is 0 Å². The Hall–Kier alpha value is -1.36. The van der Waals surface area contributed by atoms with Gasteiger partial charge in [0.2, 0.25) is 0 Å². The Morgan fingerprint density at radius 3 is 2.74 bits per heavy atom. The monoisotopic (exact) mass is 268 g/mol. The largest absolute Gasteiger partial charge is 0.370 e. The molecule has 1 unspecified atom stereocenters. The summed E-state index contributed by atoms with van der Waals surface area (Å²) in [7, 11) is 2.07. The van der Waals surface area contributed by atoms with Gasteiger partial charge in [-0.25, -0.2) is 0 Å². The zero-order valence-electron chi connectivity index (χ0n) is 12.9. The van der Waals surface area contributed by atoms with Crippen LogP contribution in [0.1, 0.15) is 40.5 Å². The van der Waals surface area contributed by atoms with Crippen LogP contribution in [-0.4, -0.2) is 43.8 Å². The van der Waals surface area contributed by atoms with Crippen molar-refractivity contribution in [2.75, 3.05) is 20.3 Å². The van der Waals surface area contributed by atoms with Crippen LogP contribution in [0.25, 0.3) is 0 Å². The van der Waals surface area contributed by atoms with Gasteiger partial charge in [0.1, 0.15) is 5.76 Å². The summed E-state index contributed by atoms with van der Waals surface area (Å²) in [6, 6.07) is 0.215. The van der Waals surface area contributed by atoms with E-state index in [1.54, 1.807) is 12.6 Å². The summed E-state index contributed by atoms with van der Waals surface area (Å²) in [5.74, 6) is 0.786. The first-order chi connectivity index (χ1) is 9.13. The van der Waals surface area contributed by atoms with Crippen molar-refractivity contribution in [1.82, 2.24) is 10.2 Å². The highest BCUT2D eigenvalue weighted by Gasteiger charge is 2.01. The SMILES string of the molecule is C/C=N/O/C(C)=C/C(CC)N/C=N\CN(C)CCC. The molecule has 19 heavy (non-hydrogen) atoms. The van der Waals surface area contributed by atoms with Crippen LogP contribution < -0.4 is 5.32 Å². The van der Waals surface area contributed by atoms with Crippen molar-refractivity contribution in [3.8, 4) is 0 Å². The van der Waals surface area contributed by atoms with E-state index >= 15 is 0 Å². The number of nitrogens with one attached hydrogen (secondary N) is 1. The smallest absolute Gasteiger partial charge is 0.130 e. The van der Waals surface area contributed by atoms with Crippen LogP contribution in [0, 0.1) is 0 Å². The van der Waals surface area contributed by atoms with Crippen LogP contribution in [0.3, 0.4) is 0 Å². The standard InChI is InChI=1S/C14H28N4O/c1-6-9-18(5)12-15-11-16-14(7-2)10-13(4)19-17-8-3/h8,10-11,14H,6-7,9,12H2,1-5H3,(H,15,16)/b13-10+,17-8+. The molecule has 0 aromatic carbocycles. The van der Waals surface area contributed by atoms with Crippen molar-refractivity contribution in [2.24, 2.45) is 10.1 Å².